The van der Waals surface area contributed by atoms with Crippen molar-refractivity contribution in [3.63, 3.8) is 0 Å². The van der Waals surface area contributed by atoms with Crippen LogP contribution in [-0.4, -0.2) is 36.1 Å². The van der Waals surface area contributed by atoms with E-state index < -0.39 is 17.8 Å². The highest BCUT2D eigenvalue weighted by Gasteiger charge is 2.63. The van der Waals surface area contributed by atoms with Gasteiger partial charge in [-0.15, -0.1) is 0 Å². The van der Waals surface area contributed by atoms with E-state index in [1.165, 1.54) is 0 Å². The van der Waals surface area contributed by atoms with Crippen LogP contribution in [0.15, 0.2) is 30.3 Å². The number of halogens is 3. The molecule has 112 valence electrons. The Morgan fingerprint density at radius 2 is 1.90 bits per heavy atom. The number of β-amino-alcohol motifs (C(OH)–C–C–N with tert-alkyl or cyclic N) is 1. The van der Waals surface area contributed by atoms with Crippen LogP contribution in [0, 0.1) is 0 Å². The minimum Gasteiger partial charge on any atom is -0.389 e. The van der Waals surface area contributed by atoms with Crippen molar-refractivity contribution in [2.24, 2.45) is 0 Å². The molecule has 0 spiro atoms. The Labute approximate surface area is 115 Å². The Kier molecular flexibility index (Phi) is 4.67. The fourth-order valence-corrected chi connectivity index (χ4v) is 1.94. The molecule has 1 aromatic rings. The van der Waals surface area contributed by atoms with Gasteiger partial charge in [-0.05, 0) is 18.4 Å². The molecular weight excluding hydrogens is 271 g/mol. The van der Waals surface area contributed by atoms with Gasteiger partial charge in [-0.1, -0.05) is 30.3 Å². The molecule has 0 radical (unpaired) electrons. The summed E-state index contributed by atoms with van der Waals surface area (Å²) >= 11 is 0. The summed E-state index contributed by atoms with van der Waals surface area (Å²) in [6.45, 7) is 0.229. The summed E-state index contributed by atoms with van der Waals surface area (Å²) in [7, 11) is 0. The number of aliphatic hydroxyl groups excluding tert-OH is 1. The largest absolute Gasteiger partial charge is 0.406 e. The zero-order chi connectivity index (χ0) is 14.6. The molecule has 3 nitrogen and oxygen atoms in total. The fourth-order valence-electron chi connectivity index (χ4n) is 1.94. The van der Waals surface area contributed by atoms with Crippen molar-refractivity contribution in [3.05, 3.63) is 35.9 Å². The van der Waals surface area contributed by atoms with Crippen LogP contribution in [0.2, 0.25) is 0 Å². The van der Waals surface area contributed by atoms with Gasteiger partial charge in [-0.2, -0.15) is 13.2 Å². The maximum absolute atomic E-state index is 12.6. The third-order valence-electron chi connectivity index (χ3n) is 3.39. The van der Waals surface area contributed by atoms with E-state index in [2.05, 4.69) is 5.32 Å². The van der Waals surface area contributed by atoms with Gasteiger partial charge in [0.05, 0.1) is 19.3 Å². The molecule has 1 fully saturated rings. The van der Waals surface area contributed by atoms with E-state index >= 15 is 0 Å². The summed E-state index contributed by atoms with van der Waals surface area (Å²) in [5.41, 5.74) is -0.824. The molecule has 0 heterocycles. The van der Waals surface area contributed by atoms with Crippen LogP contribution in [-0.2, 0) is 11.3 Å². The number of alkyl halides is 3. The van der Waals surface area contributed by atoms with Gasteiger partial charge in [0.15, 0.2) is 0 Å². The summed E-state index contributed by atoms with van der Waals surface area (Å²) in [6.07, 6.45) is -5.04. The first kappa shape index (κ1) is 15.3. The van der Waals surface area contributed by atoms with Gasteiger partial charge in [0.25, 0.3) is 0 Å². The SMILES string of the molecule is OC(CNC1(C(F)(F)F)CC1)COCc1ccccc1. The van der Waals surface area contributed by atoms with E-state index in [0.717, 1.165) is 5.56 Å². The summed E-state index contributed by atoms with van der Waals surface area (Å²) in [4.78, 5) is 0. The standard InChI is InChI=1S/C14H18F3NO2/c15-14(16,17)13(6-7-13)18-8-12(19)10-20-9-11-4-2-1-3-5-11/h1-5,12,18-19H,6-10H2. The van der Waals surface area contributed by atoms with Gasteiger partial charge in [0.2, 0.25) is 0 Å². The first-order valence-corrected chi connectivity index (χ1v) is 6.54. The summed E-state index contributed by atoms with van der Waals surface area (Å²) < 4.78 is 43.2. The number of ether oxygens (including phenoxy) is 1. The van der Waals surface area contributed by atoms with Gasteiger partial charge in [-0.25, -0.2) is 0 Å². The molecular formula is C14H18F3NO2. The second-order valence-electron chi connectivity index (χ2n) is 5.12. The smallest absolute Gasteiger partial charge is 0.389 e. The van der Waals surface area contributed by atoms with Crippen LogP contribution in [0.5, 0.6) is 0 Å². The molecule has 20 heavy (non-hydrogen) atoms. The van der Waals surface area contributed by atoms with Crippen LogP contribution in [0.25, 0.3) is 0 Å². The molecule has 1 aromatic carbocycles. The summed E-state index contributed by atoms with van der Waals surface area (Å²) in [5, 5.41) is 12.0. The molecule has 1 aliphatic rings. The maximum Gasteiger partial charge on any atom is 0.406 e. The monoisotopic (exact) mass is 289 g/mol. The van der Waals surface area contributed by atoms with Gasteiger partial charge >= 0.3 is 6.18 Å². The Balaban J connectivity index is 1.65. The first-order chi connectivity index (χ1) is 9.43. The molecule has 0 amide bonds. The van der Waals surface area contributed by atoms with E-state index in [1.807, 2.05) is 30.3 Å². The van der Waals surface area contributed by atoms with E-state index in [4.69, 9.17) is 4.74 Å². The Hall–Kier alpha value is -1.11. The van der Waals surface area contributed by atoms with E-state index in [0.29, 0.717) is 6.61 Å². The van der Waals surface area contributed by atoms with Crippen LogP contribution >= 0.6 is 0 Å². The third-order valence-corrected chi connectivity index (χ3v) is 3.39. The Morgan fingerprint density at radius 3 is 2.45 bits per heavy atom. The predicted molar refractivity (Wildman–Crippen MR) is 68.1 cm³/mol. The zero-order valence-corrected chi connectivity index (χ0v) is 11.0. The van der Waals surface area contributed by atoms with Gasteiger partial charge in [0, 0.05) is 6.54 Å². The van der Waals surface area contributed by atoms with Crippen LogP contribution in [0.1, 0.15) is 18.4 Å². The molecule has 0 saturated heterocycles. The number of aliphatic hydroxyl groups is 1. The number of rotatable bonds is 7. The highest BCUT2D eigenvalue weighted by molar-refractivity contribution is 5.13. The minimum absolute atomic E-state index is 0.00975. The lowest BCUT2D eigenvalue weighted by Crippen LogP contribution is -2.48. The third kappa shape index (κ3) is 3.94. The Bertz CT molecular complexity index is 418. The lowest BCUT2D eigenvalue weighted by molar-refractivity contribution is -0.167. The number of benzene rings is 1. The summed E-state index contributed by atoms with van der Waals surface area (Å²) in [5.74, 6) is 0. The first-order valence-electron chi connectivity index (χ1n) is 6.54. The maximum atomic E-state index is 12.6. The molecule has 1 aliphatic carbocycles. The molecule has 0 bridgehead atoms. The topological polar surface area (TPSA) is 41.5 Å². The van der Waals surface area contributed by atoms with Crippen molar-refractivity contribution in [2.75, 3.05) is 13.2 Å². The second-order valence-corrected chi connectivity index (χ2v) is 5.12. The number of nitrogens with one attached hydrogen (secondary N) is 1. The molecule has 2 rings (SSSR count). The predicted octanol–water partition coefficient (Wildman–Crippen LogP) is 2.25. The van der Waals surface area contributed by atoms with Gasteiger partial charge in [-0.3, -0.25) is 0 Å². The normalized spacial score (nSPS) is 18.8. The Morgan fingerprint density at radius 1 is 1.25 bits per heavy atom. The lowest BCUT2D eigenvalue weighted by atomic mass is 10.2. The fraction of sp³-hybridized carbons (Fsp3) is 0.571. The summed E-state index contributed by atoms with van der Waals surface area (Å²) in [6, 6.07) is 9.39. The van der Waals surface area contributed by atoms with Crippen molar-refractivity contribution in [2.45, 2.75) is 37.3 Å². The average Bonchev–Trinajstić information content (AvgIpc) is 3.18. The molecule has 1 unspecified atom stereocenters. The van der Waals surface area contributed by atoms with Crippen LogP contribution in [0.4, 0.5) is 13.2 Å². The molecule has 6 heteroatoms. The van der Waals surface area contributed by atoms with E-state index in [9.17, 15) is 18.3 Å². The van der Waals surface area contributed by atoms with Gasteiger partial charge < -0.3 is 15.2 Å². The van der Waals surface area contributed by atoms with Gasteiger partial charge in [0.1, 0.15) is 5.54 Å². The van der Waals surface area contributed by atoms with Crippen molar-refractivity contribution in [1.29, 1.82) is 0 Å². The van der Waals surface area contributed by atoms with Crippen molar-refractivity contribution < 1.29 is 23.0 Å². The van der Waals surface area contributed by atoms with E-state index in [1.54, 1.807) is 0 Å². The van der Waals surface area contributed by atoms with Crippen molar-refractivity contribution in [3.8, 4) is 0 Å². The van der Waals surface area contributed by atoms with Crippen LogP contribution in [0.3, 0.4) is 0 Å². The average molecular weight is 289 g/mol. The molecule has 1 saturated carbocycles. The molecule has 2 N–H and O–H groups in total. The quantitative estimate of drug-likeness (QED) is 0.809. The molecule has 0 aliphatic heterocycles. The molecule has 0 aromatic heterocycles. The molecule has 1 atom stereocenters. The minimum atomic E-state index is -4.25. The lowest BCUT2D eigenvalue weighted by Gasteiger charge is -2.22. The second kappa shape index (κ2) is 6.11. The van der Waals surface area contributed by atoms with Crippen molar-refractivity contribution >= 4 is 0 Å². The van der Waals surface area contributed by atoms with Crippen molar-refractivity contribution in [1.82, 2.24) is 5.32 Å². The number of hydrogen-bond acceptors (Lipinski definition) is 3. The number of hydrogen-bond donors (Lipinski definition) is 2. The van der Waals surface area contributed by atoms with E-state index in [-0.39, 0.29) is 26.0 Å². The zero-order valence-electron chi connectivity index (χ0n) is 11.0. The highest BCUT2D eigenvalue weighted by atomic mass is 19.4. The highest BCUT2D eigenvalue weighted by Crippen LogP contribution is 2.48. The van der Waals surface area contributed by atoms with Crippen LogP contribution < -0.4 is 5.32 Å².